The van der Waals surface area contributed by atoms with Gasteiger partial charge in [-0.3, -0.25) is 4.79 Å². The van der Waals surface area contributed by atoms with Crippen LogP contribution in [0.3, 0.4) is 0 Å². The molecule has 0 fully saturated rings. The van der Waals surface area contributed by atoms with E-state index in [2.05, 4.69) is 24.4 Å². The molecule has 0 bridgehead atoms. The van der Waals surface area contributed by atoms with Crippen molar-refractivity contribution in [2.45, 2.75) is 97.5 Å². The highest BCUT2D eigenvalue weighted by Gasteiger charge is 2.05. The third-order valence-corrected chi connectivity index (χ3v) is 7.24. The number of carbonyl (C=O) groups is 1. The molecule has 43 heavy (non-hydrogen) atoms. The summed E-state index contributed by atoms with van der Waals surface area (Å²) in [5.41, 5.74) is 5.02. The van der Waals surface area contributed by atoms with Crippen LogP contribution in [0.25, 0.3) is 0 Å². The second kappa shape index (κ2) is 21.0. The summed E-state index contributed by atoms with van der Waals surface area (Å²) in [5.74, 6) is 2.15. The molecule has 0 saturated carbocycles. The SMILES string of the molecule is CCCCCCCCCCOc1ccc(COc2ccc(C(=O)N/N=C/c3ccc(OCCCCCC)cc3)cc2)cc1. The number of hydrogen-bond acceptors (Lipinski definition) is 5. The second-order valence-electron chi connectivity index (χ2n) is 11.0. The summed E-state index contributed by atoms with van der Waals surface area (Å²) in [6.07, 6.45) is 16.7. The molecule has 6 heteroatoms. The van der Waals surface area contributed by atoms with Crippen molar-refractivity contribution < 1.29 is 19.0 Å². The molecule has 3 rings (SSSR count). The van der Waals surface area contributed by atoms with Gasteiger partial charge in [-0.2, -0.15) is 5.10 Å². The number of nitrogens with zero attached hydrogens (tertiary/aromatic N) is 1. The van der Waals surface area contributed by atoms with Gasteiger partial charge in [0.05, 0.1) is 19.4 Å². The first-order chi connectivity index (χ1) is 21.2. The van der Waals surface area contributed by atoms with Gasteiger partial charge in [0.1, 0.15) is 23.9 Å². The van der Waals surface area contributed by atoms with Gasteiger partial charge in [0.15, 0.2) is 0 Å². The fraction of sp³-hybridized carbons (Fsp3) is 0.459. The average molecular weight is 587 g/mol. The molecule has 0 aromatic heterocycles. The van der Waals surface area contributed by atoms with E-state index in [-0.39, 0.29) is 5.91 Å². The Morgan fingerprint density at radius 1 is 0.605 bits per heavy atom. The van der Waals surface area contributed by atoms with Crippen LogP contribution in [0.2, 0.25) is 0 Å². The summed E-state index contributed by atoms with van der Waals surface area (Å²) in [4.78, 5) is 12.5. The molecular formula is C37H50N2O4. The van der Waals surface area contributed by atoms with Crippen LogP contribution in [0.15, 0.2) is 77.9 Å². The highest BCUT2D eigenvalue weighted by molar-refractivity contribution is 5.95. The van der Waals surface area contributed by atoms with Crippen LogP contribution in [0.5, 0.6) is 17.2 Å². The van der Waals surface area contributed by atoms with E-state index in [9.17, 15) is 4.79 Å². The molecule has 1 amide bonds. The van der Waals surface area contributed by atoms with Crippen LogP contribution in [0.1, 0.15) is 112 Å². The minimum Gasteiger partial charge on any atom is -0.494 e. The van der Waals surface area contributed by atoms with Crippen LogP contribution in [-0.4, -0.2) is 25.3 Å². The van der Waals surface area contributed by atoms with Gasteiger partial charge in [-0.25, -0.2) is 5.43 Å². The highest BCUT2D eigenvalue weighted by Crippen LogP contribution is 2.18. The van der Waals surface area contributed by atoms with Crippen molar-refractivity contribution in [2.75, 3.05) is 13.2 Å². The maximum absolute atomic E-state index is 12.5. The smallest absolute Gasteiger partial charge is 0.271 e. The lowest BCUT2D eigenvalue weighted by molar-refractivity contribution is 0.0955. The molecule has 3 aromatic carbocycles. The highest BCUT2D eigenvalue weighted by atomic mass is 16.5. The van der Waals surface area contributed by atoms with Crippen LogP contribution in [-0.2, 0) is 6.61 Å². The summed E-state index contributed by atoms with van der Waals surface area (Å²) < 4.78 is 17.6. The molecule has 0 unspecified atom stereocenters. The van der Waals surface area contributed by atoms with E-state index in [0.29, 0.717) is 17.9 Å². The fourth-order valence-electron chi connectivity index (χ4n) is 4.58. The maximum Gasteiger partial charge on any atom is 0.271 e. The van der Waals surface area contributed by atoms with Crippen molar-refractivity contribution >= 4 is 12.1 Å². The van der Waals surface area contributed by atoms with E-state index < -0.39 is 0 Å². The Morgan fingerprint density at radius 3 is 1.65 bits per heavy atom. The Hall–Kier alpha value is -3.80. The number of hydrogen-bond donors (Lipinski definition) is 1. The van der Waals surface area contributed by atoms with Crippen molar-refractivity contribution in [3.8, 4) is 17.2 Å². The van der Waals surface area contributed by atoms with Crippen LogP contribution < -0.4 is 19.6 Å². The van der Waals surface area contributed by atoms with Crippen molar-refractivity contribution in [3.63, 3.8) is 0 Å². The first-order valence-electron chi connectivity index (χ1n) is 16.2. The number of nitrogens with one attached hydrogen (secondary N) is 1. The van der Waals surface area contributed by atoms with Gasteiger partial charge in [0, 0.05) is 5.56 Å². The predicted molar refractivity (Wildman–Crippen MR) is 176 cm³/mol. The van der Waals surface area contributed by atoms with Crippen LogP contribution in [0.4, 0.5) is 0 Å². The van der Waals surface area contributed by atoms with Gasteiger partial charge >= 0.3 is 0 Å². The quantitative estimate of drug-likeness (QED) is 0.0723. The predicted octanol–water partition coefficient (Wildman–Crippen LogP) is 9.51. The van der Waals surface area contributed by atoms with Crippen molar-refractivity contribution in [3.05, 3.63) is 89.5 Å². The number of unbranched alkanes of at least 4 members (excludes halogenated alkanes) is 10. The largest absolute Gasteiger partial charge is 0.494 e. The molecule has 0 radical (unpaired) electrons. The minimum absolute atomic E-state index is 0.280. The Morgan fingerprint density at radius 2 is 1.07 bits per heavy atom. The molecular weight excluding hydrogens is 536 g/mol. The number of benzene rings is 3. The Kier molecular flexibility index (Phi) is 16.4. The third-order valence-electron chi connectivity index (χ3n) is 7.24. The summed E-state index contributed by atoms with van der Waals surface area (Å²) >= 11 is 0. The number of carbonyl (C=O) groups excluding carboxylic acids is 1. The number of ether oxygens (including phenoxy) is 3. The Balaban J connectivity index is 1.30. The van der Waals surface area contributed by atoms with E-state index >= 15 is 0 Å². The average Bonchev–Trinajstić information content (AvgIpc) is 3.04. The van der Waals surface area contributed by atoms with E-state index in [1.807, 2.05) is 48.5 Å². The van der Waals surface area contributed by atoms with Gasteiger partial charge in [-0.1, -0.05) is 90.2 Å². The van der Waals surface area contributed by atoms with Crippen molar-refractivity contribution in [1.82, 2.24) is 5.43 Å². The molecule has 6 nitrogen and oxygen atoms in total. The van der Waals surface area contributed by atoms with Gasteiger partial charge in [-0.05, 0) is 84.6 Å². The van der Waals surface area contributed by atoms with E-state index in [4.69, 9.17) is 14.2 Å². The normalized spacial score (nSPS) is 11.0. The molecule has 232 valence electrons. The number of amides is 1. The summed E-state index contributed by atoms with van der Waals surface area (Å²) in [7, 11) is 0. The monoisotopic (exact) mass is 586 g/mol. The molecule has 3 aromatic rings. The minimum atomic E-state index is -0.280. The van der Waals surface area contributed by atoms with E-state index in [1.165, 1.54) is 64.2 Å². The summed E-state index contributed by atoms with van der Waals surface area (Å²) in [6.45, 7) is 6.39. The van der Waals surface area contributed by atoms with Crippen molar-refractivity contribution in [1.29, 1.82) is 0 Å². The van der Waals surface area contributed by atoms with Crippen LogP contribution >= 0.6 is 0 Å². The van der Waals surface area contributed by atoms with E-state index in [1.54, 1.807) is 30.5 Å². The molecule has 0 atom stereocenters. The Labute approximate surface area is 258 Å². The van der Waals surface area contributed by atoms with Crippen molar-refractivity contribution in [2.24, 2.45) is 5.10 Å². The summed E-state index contributed by atoms with van der Waals surface area (Å²) in [6, 6.07) is 22.8. The molecule has 0 aliphatic carbocycles. The van der Waals surface area contributed by atoms with Gasteiger partial charge in [0.25, 0.3) is 5.91 Å². The zero-order valence-electron chi connectivity index (χ0n) is 26.2. The first kappa shape index (κ1) is 33.7. The lowest BCUT2D eigenvalue weighted by atomic mass is 10.1. The number of rotatable bonds is 22. The third kappa shape index (κ3) is 14.3. The molecule has 0 heterocycles. The first-order valence-corrected chi connectivity index (χ1v) is 16.2. The summed E-state index contributed by atoms with van der Waals surface area (Å²) in [5, 5.41) is 4.09. The molecule has 0 saturated heterocycles. The van der Waals surface area contributed by atoms with E-state index in [0.717, 1.165) is 48.7 Å². The molecule has 0 aliphatic heterocycles. The topological polar surface area (TPSA) is 69.2 Å². The zero-order chi connectivity index (χ0) is 30.4. The fourth-order valence-corrected chi connectivity index (χ4v) is 4.58. The lowest BCUT2D eigenvalue weighted by Gasteiger charge is -2.09. The standard InChI is InChI=1S/C37H50N2O4/c1-3-5-7-9-10-11-12-14-28-42-35-23-17-32(18-24-35)30-43-36-25-19-33(20-26-36)37(40)39-38-29-31-15-21-34(22-16-31)41-27-13-8-6-4-2/h15-26,29H,3-14,27-28,30H2,1-2H3,(H,39,40)/b38-29+. The number of hydrazone groups is 1. The molecule has 0 spiro atoms. The maximum atomic E-state index is 12.5. The second-order valence-corrected chi connectivity index (χ2v) is 11.0. The van der Waals surface area contributed by atoms with Gasteiger partial charge in [-0.15, -0.1) is 0 Å². The molecule has 0 aliphatic rings. The van der Waals surface area contributed by atoms with Gasteiger partial charge < -0.3 is 14.2 Å². The zero-order valence-corrected chi connectivity index (χ0v) is 26.2. The van der Waals surface area contributed by atoms with Crippen LogP contribution in [0, 0.1) is 0 Å². The lowest BCUT2D eigenvalue weighted by Crippen LogP contribution is -2.17. The Bertz CT molecular complexity index is 1170. The molecule has 1 N–H and O–H groups in total. The van der Waals surface area contributed by atoms with Gasteiger partial charge in [0.2, 0.25) is 0 Å².